The van der Waals surface area contributed by atoms with Gasteiger partial charge in [-0.25, -0.2) is 10.5 Å². The van der Waals surface area contributed by atoms with Crippen molar-refractivity contribution in [2.45, 2.75) is 38.5 Å². The quantitative estimate of drug-likeness (QED) is 0.273. The monoisotopic (exact) mass is 491 g/mol. The lowest BCUT2D eigenvalue weighted by molar-refractivity contribution is -0.385. The summed E-state index contributed by atoms with van der Waals surface area (Å²) >= 11 is 0. The Morgan fingerprint density at radius 1 is 1.28 bits per heavy atom. The first-order chi connectivity index (χ1) is 17.4. The third-order valence-electron chi connectivity index (χ3n) is 6.06. The predicted octanol–water partition coefficient (Wildman–Crippen LogP) is 4.58. The van der Waals surface area contributed by atoms with E-state index in [4.69, 9.17) is 13.8 Å². The molecule has 3 aromatic heterocycles. The maximum absolute atomic E-state index is 12.0. The van der Waals surface area contributed by atoms with Crippen molar-refractivity contribution >= 4 is 28.2 Å². The van der Waals surface area contributed by atoms with Crippen LogP contribution in [0, 0.1) is 10.1 Å². The van der Waals surface area contributed by atoms with Gasteiger partial charge in [0.2, 0.25) is 11.7 Å². The van der Waals surface area contributed by atoms with E-state index >= 15 is 0 Å². The van der Waals surface area contributed by atoms with Crippen LogP contribution in [-0.2, 0) is 0 Å². The Kier molecular flexibility index (Phi) is 6.23. The molecule has 0 aliphatic carbocycles. The second-order valence-corrected chi connectivity index (χ2v) is 8.85. The topological polar surface area (TPSA) is 145 Å². The lowest BCUT2D eigenvalue weighted by Crippen LogP contribution is -2.34. The van der Waals surface area contributed by atoms with Crippen LogP contribution in [-0.4, -0.2) is 38.1 Å². The smallest absolute Gasteiger partial charge is 0.375 e. The number of hydroxylamine groups is 1. The maximum atomic E-state index is 12.0. The third-order valence-corrected chi connectivity index (χ3v) is 6.06. The van der Waals surface area contributed by atoms with Gasteiger partial charge in [-0.2, -0.15) is 9.97 Å². The molecule has 0 unspecified atom stereocenters. The van der Waals surface area contributed by atoms with Gasteiger partial charge in [0.25, 0.3) is 0 Å². The summed E-state index contributed by atoms with van der Waals surface area (Å²) in [5, 5.41) is 16.9. The zero-order valence-electron chi connectivity index (χ0n) is 19.9. The van der Waals surface area contributed by atoms with Gasteiger partial charge in [0.15, 0.2) is 11.6 Å². The van der Waals surface area contributed by atoms with Crippen molar-refractivity contribution in [2.24, 2.45) is 0 Å². The van der Waals surface area contributed by atoms with Crippen molar-refractivity contribution in [1.29, 1.82) is 0 Å². The lowest BCUT2D eigenvalue weighted by atomic mass is 9.96. The molecule has 1 aliphatic heterocycles. The summed E-state index contributed by atoms with van der Waals surface area (Å²) in [7, 11) is 0. The SMILES string of the molecule is C=C(NOc1ncnc(N2CCC(c3nc(C(C)C)no3)CC2)c1[N+](=O)[O-])c1cc2ccccc2o1. The second kappa shape index (κ2) is 9.64. The van der Waals surface area contributed by atoms with Crippen molar-refractivity contribution in [1.82, 2.24) is 25.6 Å². The van der Waals surface area contributed by atoms with E-state index < -0.39 is 4.92 Å². The Labute approximate surface area is 206 Å². The number of rotatable bonds is 8. The molecule has 0 spiro atoms. The van der Waals surface area contributed by atoms with Gasteiger partial charge in [0.1, 0.15) is 17.6 Å². The molecule has 186 valence electrons. The average Bonchev–Trinajstić information content (AvgIpc) is 3.55. The fourth-order valence-electron chi connectivity index (χ4n) is 4.10. The molecular formula is C24H25N7O5. The van der Waals surface area contributed by atoms with Crippen molar-refractivity contribution in [3.63, 3.8) is 0 Å². The number of nitrogens with one attached hydrogen (secondary N) is 1. The van der Waals surface area contributed by atoms with Crippen LogP contribution in [0.15, 0.2) is 52.2 Å². The van der Waals surface area contributed by atoms with E-state index in [2.05, 4.69) is 32.2 Å². The molecule has 12 nitrogen and oxygen atoms in total. The van der Waals surface area contributed by atoms with E-state index in [1.54, 1.807) is 6.07 Å². The molecule has 1 saturated heterocycles. The highest BCUT2D eigenvalue weighted by atomic mass is 16.7. The van der Waals surface area contributed by atoms with Gasteiger partial charge in [-0.05, 0) is 25.0 Å². The molecule has 0 atom stereocenters. The molecule has 4 aromatic rings. The van der Waals surface area contributed by atoms with Gasteiger partial charge >= 0.3 is 11.6 Å². The minimum Gasteiger partial charge on any atom is -0.454 e. The molecule has 1 aromatic carbocycles. The molecule has 0 amide bonds. The molecule has 36 heavy (non-hydrogen) atoms. The predicted molar refractivity (Wildman–Crippen MR) is 130 cm³/mol. The third kappa shape index (κ3) is 4.57. The standard InChI is InChI=1S/C24H25N7O5/c1-14(2)21-27-23(35-29-21)16-8-10-30(11-9-16)22-20(31(32)33)24(26-13-25-22)36-28-15(3)19-12-17-6-4-5-7-18(17)34-19/h4-7,12-14,16,28H,3,8-11H2,1-2H3. The maximum Gasteiger partial charge on any atom is 0.375 e. The van der Waals surface area contributed by atoms with Crippen LogP contribution in [0.5, 0.6) is 5.88 Å². The largest absolute Gasteiger partial charge is 0.454 e. The summed E-state index contributed by atoms with van der Waals surface area (Å²) in [5.74, 6) is 1.96. The van der Waals surface area contributed by atoms with Gasteiger partial charge < -0.3 is 18.7 Å². The minimum absolute atomic E-state index is 0.0895. The highest BCUT2D eigenvalue weighted by Gasteiger charge is 2.33. The van der Waals surface area contributed by atoms with Gasteiger partial charge in [0.05, 0.1) is 4.92 Å². The summed E-state index contributed by atoms with van der Waals surface area (Å²) in [5.41, 5.74) is 3.26. The summed E-state index contributed by atoms with van der Waals surface area (Å²) in [6.45, 7) is 8.97. The number of nitro groups is 1. The molecule has 1 N–H and O–H groups in total. The molecular weight excluding hydrogens is 466 g/mol. The molecule has 4 heterocycles. The number of benzene rings is 1. The molecule has 5 rings (SSSR count). The first-order valence-electron chi connectivity index (χ1n) is 11.6. The summed E-state index contributed by atoms with van der Waals surface area (Å²) in [6, 6.07) is 9.30. The molecule has 0 saturated carbocycles. The summed E-state index contributed by atoms with van der Waals surface area (Å²) in [6.07, 6.45) is 2.62. The van der Waals surface area contributed by atoms with Crippen molar-refractivity contribution < 1.29 is 18.7 Å². The highest BCUT2D eigenvalue weighted by Crippen LogP contribution is 2.37. The molecule has 0 radical (unpaired) electrons. The van der Waals surface area contributed by atoms with Crippen LogP contribution in [0.1, 0.15) is 56.0 Å². The number of aromatic nitrogens is 4. The number of nitrogens with zero attached hydrogens (tertiary/aromatic N) is 6. The van der Waals surface area contributed by atoms with E-state index in [-0.39, 0.29) is 29.2 Å². The van der Waals surface area contributed by atoms with Crippen LogP contribution < -0.4 is 15.2 Å². The fraction of sp³-hybridized carbons (Fsp3) is 0.333. The Hall–Kier alpha value is -4.48. The highest BCUT2D eigenvalue weighted by molar-refractivity contribution is 5.81. The Morgan fingerprint density at radius 2 is 2.06 bits per heavy atom. The summed E-state index contributed by atoms with van der Waals surface area (Å²) in [4.78, 5) is 31.4. The fourth-order valence-corrected chi connectivity index (χ4v) is 4.10. The van der Waals surface area contributed by atoms with E-state index in [1.807, 2.05) is 43.0 Å². The van der Waals surface area contributed by atoms with Crippen LogP contribution in [0.2, 0.25) is 0 Å². The normalized spacial score (nSPS) is 14.4. The van der Waals surface area contributed by atoms with Crippen molar-refractivity contribution in [2.75, 3.05) is 18.0 Å². The van der Waals surface area contributed by atoms with Gasteiger partial charge in [-0.1, -0.05) is 43.8 Å². The van der Waals surface area contributed by atoms with Crippen LogP contribution >= 0.6 is 0 Å². The van der Waals surface area contributed by atoms with Gasteiger partial charge in [-0.3, -0.25) is 10.1 Å². The molecule has 1 aliphatic rings. The number of fused-ring (bicyclic) bond motifs is 1. The number of anilines is 1. The second-order valence-electron chi connectivity index (χ2n) is 8.85. The van der Waals surface area contributed by atoms with E-state index in [0.29, 0.717) is 54.7 Å². The minimum atomic E-state index is -0.546. The molecule has 1 fully saturated rings. The van der Waals surface area contributed by atoms with E-state index in [9.17, 15) is 10.1 Å². The Bertz CT molecular complexity index is 1370. The number of furan rings is 1. The van der Waals surface area contributed by atoms with E-state index in [0.717, 1.165) is 5.39 Å². The van der Waals surface area contributed by atoms with Crippen LogP contribution in [0.4, 0.5) is 11.5 Å². The van der Waals surface area contributed by atoms with Gasteiger partial charge in [0, 0.05) is 30.3 Å². The number of para-hydroxylation sites is 1. The Morgan fingerprint density at radius 3 is 2.75 bits per heavy atom. The first kappa shape index (κ1) is 23.3. The number of hydrogen-bond acceptors (Lipinski definition) is 11. The zero-order chi connectivity index (χ0) is 25.2. The molecule has 0 bridgehead atoms. The van der Waals surface area contributed by atoms with Crippen molar-refractivity contribution in [3.8, 4) is 5.88 Å². The van der Waals surface area contributed by atoms with Gasteiger partial charge in [-0.15, -0.1) is 0 Å². The Balaban J connectivity index is 1.29. The van der Waals surface area contributed by atoms with Crippen LogP contribution in [0.3, 0.4) is 0 Å². The average molecular weight is 492 g/mol. The van der Waals surface area contributed by atoms with Crippen LogP contribution in [0.25, 0.3) is 16.7 Å². The zero-order valence-corrected chi connectivity index (χ0v) is 19.9. The van der Waals surface area contributed by atoms with Crippen molar-refractivity contribution in [3.05, 3.63) is 70.8 Å². The molecule has 12 heteroatoms. The first-order valence-corrected chi connectivity index (χ1v) is 11.6. The lowest BCUT2D eigenvalue weighted by Gasteiger charge is -2.30. The van der Waals surface area contributed by atoms with E-state index in [1.165, 1.54) is 6.33 Å². The summed E-state index contributed by atoms with van der Waals surface area (Å²) < 4.78 is 11.2. The number of piperidine rings is 1. The number of hydrogen-bond donors (Lipinski definition) is 1.